The van der Waals surface area contributed by atoms with Gasteiger partial charge in [-0.1, -0.05) is 37.3 Å². The van der Waals surface area contributed by atoms with E-state index in [1.54, 1.807) is 4.90 Å². The predicted molar refractivity (Wildman–Crippen MR) is 121 cm³/mol. The molecule has 3 fully saturated rings. The third kappa shape index (κ3) is 5.67. The zero-order valence-electron chi connectivity index (χ0n) is 19.0. The number of carbonyl (C=O) groups excluding carboxylic acids is 2. The summed E-state index contributed by atoms with van der Waals surface area (Å²) < 4.78 is 5.40. The fraction of sp³-hybridized carbons (Fsp3) is 0.667. The Morgan fingerprint density at radius 3 is 2.53 bits per heavy atom. The van der Waals surface area contributed by atoms with Crippen LogP contribution in [-0.2, 0) is 14.3 Å². The fourth-order valence-corrected chi connectivity index (χ4v) is 4.94. The highest BCUT2D eigenvalue weighted by Gasteiger charge is 2.39. The Morgan fingerprint density at radius 1 is 1.19 bits per heavy atom. The zero-order chi connectivity index (χ0) is 22.6. The van der Waals surface area contributed by atoms with Crippen molar-refractivity contribution >= 4 is 11.8 Å². The molecule has 1 aromatic carbocycles. The molecule has 1 aromatic rings. The summed E-state index contributed by atoms with van der Waals surface area (Å²) in [6.07, 6.45) is 1.92. The first-order valence-corrected chi connectivity index (χ1v) is 11.8. The molecule has 2 N–H and O–H groups in total. The van der Waals surface area contributed by atoms with E-state index in [-0.39, 0.29) is 23.9 Å². The number of morpholine rings is 1. The number of aliphatic hydroxyl groups is 1. The molecule has 3 aliphatic heterocycles. The molecule has 8 nitrogen and oxygen atoms in total. The van der Waals surface area contributed by atoms with E-state index in [2.05, 4.69) is 29.3 Å². The number of nitrogens with one attached hydrogen (secondary N) is 1. The van der Waals surface area contributed by atoms with Gasteiger partial charge in [-0.2, -0.15) is 0 Å². The molecule has 0 aromatic heterocycles. The Bertz CT molecular complexity index is 775. The second kappa shape index (κ2) is 10.3. The summed E-state index contributed by atoms with van der Waals surface area (Å²) in [5.41, 5.74) is 0.228. The van der Waals surface area contributed by atoms with Gasteiger partial charge in [0.05, 0.1) is 44.6 Å². The highest BCUT2D eigenvalue weighted by molar-refractivity contribution is 5.78. The molecule has 3 heterocycles. The SMILES string of the molecule is C[C@H](CC(=O)N1CCC(O)(CN2CNC(N3CCOCC3)CC2=O)CC1)c1ccccc1. The van der Waals surface area contributed by atoms with E-state index in [4.69, 9.17) is 4.74 Å². The fourth-order valence-electron chi connectivity index (χ4n) is 4.94. The van der Waals surface area contributed by atoms with E-state index in [9.17, 15) is 14.7 Å². The van der Waals surface area contributed by atoms with Gasteiger partial charge < -0.3 is 19.6 Å². The lowest BCUT2D eigenvalue weighted by Crippen LogP contribution is -2.62. The van der Waals surface area contributed by atoms with Crippen LogP contribution in [0.5, 0.6) is 0 Å². The number of nitrogens with zero attached hydrogens (tertiary/aromatic N) is 3. The van der Waals surface area contributed by atoms with E-state index in [0.717, 1.165) is 13.1 Å². The van der Waals surface area contributed by atoms with Crippen LogP contribution in [0, 0.1) is 0 Å². The monoisotopic (exact) mass is 444 g/mol. The highest BCUT2D eigenvalue weighted by Crippen LogP contribution is 2.27. The maximum absolute atomic E-state index is 12.8. The number of benzene rings is 1. The van der Waals surface area contributed by atoms with Crippen LogP contribution in [0.1, 0.15) is 44.1 Å². The van der Waals surface area contributed by atoms with Crippen LogP contribution in [0.25, 0.3) is 0 Å². The van der Waals surface area contributed by atoms with Crippen LogP contribution in [0.15, 0.2) is 30.3 Å². The van der Waals surface area contributed by atoms with Gasteiger partial charge in [0.1, 0.15) is 0 Å². The lowest BCUT2D eigenvalue weighted by Gasteiger charge is -2.44. The number of carbonyl (C=O) groups is 2. The number of amides is 2. The first-order chi connectivity index (χ1) is 15.4. The molecular weight excluding hydrogens is 408 g/mol. The van der Waals surface area contributed by atoms with E-state index in [1.165, 1.54) is 5.56 Å². The summed E-state index contributed by atoms with van der Waals surface area (Å²) in [6.45, 7) is 6.98. The molecule has 3 aliphatic rings. The molecule has 8 heteroatoms. The normalized spacial score (nSPS) is 25.6. The second-order valence-electron chi connectivity index (χ2n) is 9.44. The molecule has 2 atom stereocenters. The molecule has 3 saturated heterocycles. The Hall–Kier alpha value is -2.00. The Kier molecular flexibility index (Phi) is 7.45. The number of hydrogen-bond donors (Lipinski definition) is 2. The van der Waals surface area contributed by atoms with Crippen LogP contribution < -0.4 is 5.32 Å². The van der Waals surface area contributed by atoms with Crippen molar-refractivity contribution in [3.05, 3.63) is 35.9 Å². The maximum atomic E-state index is 12.8. The molecule has 176 valence electrons. The number of likely N-dealkylation sites (tertiary alicyclic amines) is 1. The first-order valence-electron chi connectivity index (χ1n) is 11.8. The van der Waals surface area contributed by atoms with Crippen LogP contribution in [0.4, 0.5) is 0 Å². The number of β-amino-alcohol motifs (C(OH)–C–C–N with tert-alkyl or cyclic N) is 1. The van der Waals surface area contributed by atoms with Crippen molar-refractivity contribution in [3.8, 4) is 0 Å². The minimum atomic E-state index is -0.940. The van der Waals surface area contributed by atoms with Crippen molar-refractivity contribution in [2.45, 2.75) is 50.3 Å². The zero-order valence-corrected chi connectivity index (χ0v) is 19.0. The van der Waals surface area contributed by atoms with E-state index >= 15 is 0 Å². The van der Waals surface area contributed by atoms with Gasteiger partial charge in [0.2, 0.25) is 11.8 Å². The number of rotatable bonds is 6. The van der Waals surface area contributed by atoms with E-state index < -0.39 is 5.60 Å². The molecule has 2 amide bonds. The minimum Gasteiger partial charge on any atom is -0.388 e. The van der Waals surface area contributed by atoms with Crippen molar-refractivity contribution in [2.24, 2.45) is 0 Å². The topological polar surface area (TPSA) is 85.4 Å². The van der Waals surface area contributed by atoms with Crippen molar-refractivity contribution in [3.63, 3.8) is 0 Å². The van der Waals surface area contributed by atoms with Gasteiger partial charge in [0.15, 0.2) is 0 Å². The Balaban J connectivity index is 1.23. The van der Waals surface area contributed by atoms with Crippen molar-refractivity contribution in [2.75, 3.05) is 52.6 Å². The summed E-state index contributed by atoms with van der Waals surface area (Å²) in [5.74, 6) is 0.372. The third-order valence-corrected chi connectivity index (χ3v) is 7.11. The highest BCUT2D eigenvalue weighted by atomic mass is 16.5. The average Bonchev–Trinajstić information content (AvgIpc) is 2.82. The number of hydrogen-bond acceptors (Lipinski definition) is 6. The first kappa shape index (κ1) is 23.2. The van der Waals surface area contributed by atoms with Crippen LogP contribution in [-0.4, -0.2) is 96.0 Å². The molecule has 0 saturated carbocycles. The summed E-state index contributed by atoms with van der Waals surface area (Å²) in [4.78, 5) is 31.4. The van der Waals surface area contributed by atoms with Gasteiger partial charge in [-0.25, -0.2) is 0 Å². The molecule has 1 unspecified atom stereocenters. The molecule has 0 radical (unpaired) electrons. The molecule has 4 rings (SSSR count). The quantitative estimate of drug-likeness (QED) is 0.680. The summed E-state index contributed by atoms with van der Waals surface area (Å²) in [6, 6.07) is 10.1. The largest absolute Gasteiger partial charge is 0.388 e. The summed E-state index contributed by atoms with van der Waals surface area (Å²) in [5, 5.41) is 14.6. The lowest BCUT2D eigenvalue weighted by atomic mass is 9.89. The van der Waals surface area contributed by atoms with Crippen LogP contribution in [0.2, 0.25) is 0 Å². The standard InChI is InChI=1S/C24H36N4O4/c1-19(20-5-3-2-4-6-20)15-22(29)27-9-7-24(31,8-10-27)17-28-18-25-21(16-23(28)30)26-11-13-32-14-12-26/h2-6,19,21,25,31H,7-18H2,1H3/t19-,21?/m1/s1. The van der Waals surface area contributed by atoms with Crippen molar-refractivity contribution < 1.29 is 19.4 Å². The van der Waals surface area contributed by atoms with Gasteiger partial charge in [-0.15, -0.1) is 0 Å². The second-order valence-corrected chi connectivity index (χ2v) is 9.44. The smallest absolute Gasteiger partial charge is 0.226 e. The predicted octanol–water partition coefficient (Wildman–Crippen LogP) is 0.971. The minimum absolute atomic E-state index is 0.0448. The van der Waals surface area contributed by atoms with Crippen molar-refractivity contribution in [1.82, 2.24) is 20.0 Å². The van der Waals surface area contributed by atoms with Gasteiger partial charge in [0.25, 0.3) is 0 Å². The molecule has 0 aliphatic carbocycles. The summed E-state index contributed by atoms with van der Waals surface area (Å²) in [7, 11) is 0. The summed E-state index contributed by atoms with van der Waals surface area (Å²) >= 11 is 0. The van der Waals surface area contributed by atoms with Crippen LogP contribution in [0.3, 0.4) is 0 Å². The Labute approximate surface area is 190 Å². The van der Waals surface area contributed by atoms with E-state index in [0.29, 0.717) is 65.2 Å². The average molecular weight is 445 g/mol. The lowest BCUT2D eigenvalue weighted by molar-refractivity contribution is -0.147. The van der Waals surface area contributed by atoms with Gasteiger partial charge in [0, 0.05) is 32.6 Å². The molecule has 0 spiro atoms. The van der Waals surface area contributed by atoms with Gasteiger partial charge in [-0.05, 0) is 24.3 Å². The van der Waals surface area contributed by atoms with Gasteiger partial charge >= 0.3 is 0 Å². The van der Waals surface area contributed by atoms with Gasteiger partial charge in [-0.3, -0.25) is 19.8 Å². The molecule has 0 bridgehead atoms. The van der Waals surface area contributed by atoms with E-state index in [1.807, 2.05) is 23.1 Å². The Morgan fingerprint density at radius 2 is 1.88 bits per heavy atom. The van der Waals surface area contributed by atoms with Crippen molar-refractivity contribution in [1.29, 1.82) is 0 Å². The maximum Gasteiger partial charge on any atom is 0.226 e. The number of piperidine rings is 1. The molecular formula is C24H36N4O4. The van der Waals surface area contributed by atoms with Crippen LogP contribution >= 0.6 is 0 Å². The molecule has 32 heavy (non-hydrogen) atoms. The number of ether oxygens (including phenoxy) is 1. The third-order valence-electron chi connectivity index (χ3n) is 7.11.